The largest absolute Gasteiger partial charge is 0.379 e. The summed E-state index contributed by atoms with van der Waals surface area (Å²) in [6.45, 7) is 7.72. The van der Waals surface area contributed by atoms with Crippen LogP contribution in [0, 0.1) is 5.92 Å². The Labute approximate surface area is 125 Å². The lowest BCUT2D eigenvalue weighted by Gasteiger charge is -2.22. The highest BCUT2D eigenvalue weighted by atomic mass is 16.7. The monoisotopic (exact) mass is 286 g/mol. The van der Waals surface area contributed by atoms with Crippen LogP contribution in [0.2, 0.25) is 0 Å². The van der Waals surface area contributed by atoms with E-state index in [2.05, 4.69) is 13.8 Å². The molecule has 0 spiro atoms. The number of hydrogen-bond acceptors (Lipinski definition) is 3. The molecule has 0 aliphatic carbocycles. The molecular formula is C17H34O3. The minimum atomic E-state index is 0.0202. The third-order valence-electron chi connectivity index (χ3n) is 3.96. The fourth-order valence-electron chi connectivity index (χ4n) is 2.58. The molecule has 0 aromatic heterocycles. The van der Waals surface area contributed by atoms with E-state index >= 15 is 0 Å². The lowest BCUT2D eigenvalue weighted by atomic mass is 9.98. The Morgan fingerprint density at radius 3 is 2.65 bits per heavy atom. The van der Waals surface area contributed by atoms with E-state index in [0.29, 0.717) is 13.2 Å². The van der Waals surface area contributed by atoms with Gasteiger partial charge in [0, 0.05) is 13.2 Å². The van der Waals surface area contributed by atoms with Crippen molar-refractivity contribution in [1.82, 2.24) is 0 Å². The summed E-state index contributed by atoms with van der Waals surface area (Å²) < 4.78 is 16.7. The first-order chi connectivity index (χ1) is 9.83. The zero-order chi connectivity index (χ0) is 14.5. The molecule has 0 amide bonds. The molecule has 1 heterocycles. The number of hydrogen-bond donors (Lipinski definition) is 0. The molecule has 2 unspecified atom stereocenters. The summed E-state index contributed by atoms with van der Waals surface area (Å²) in [6, 6.07) is 0. The first-order valence-electron chi connectivity index (χ1n) is 8.64. The van der Waals surface area contributed by atoms with Gasteiger partial charge in [-0.25, -0.2) is 0 Å². The van der Waals surface area contributed by atoms with Crippen molar-refractivity contribution in [1.29, 1.82) is 0 Å². The van der Waals surface area contributed by atoms with Crippen LogP contribution in [-0.4, -0.2) is 32.7 Å². The van der Waals surface area contributed by atoms with Crippen molar-refractivity contribution >= 4 is 0 Å². The maximum absolute atomic E-state index is 5.62. The molecule has 2 atom stereocenters. The Morgan fingerprint density at radius 1 is 1.05 bits per heavy atom. The van der Waals surface area contributed by atoms with E-state index in [1.165, 1.54) is 51.4 Å². The molecule has 0 aromatic carbocycles. The predicted octanol–water partition coefficient (Wildman–Crippen LogP) is 4.54. The molecule has 1 aliphatic heterocycles. The van der Waals surface area contributed by atoms with Crippen LogP contribution >= 0.6 is 0 Å². The smallest absolute Gasteiger partial charge is 0.157 e. The van der Waals surface area contributed by atoms with Crippen LogP contribution in [-0.2, 0) is 14.2 Å². The van der Waals surface area contributed by atoms with Gasteiger partial charge in [0.2, 0.25) is 0 Å². The second-order valence-electron chi connectivity index (χ2n) is 6.02. The lowest BCUT2D eigenvalue weighted by Crippen LogP contribution is -2.24. The highest BCUT2D eigenvalue weighted by molar-refractivity contribution is 4.55. The van der Waals surface area contributed by atoms with E-state index in [9.17, 15) is 0 Å². The summed E-state index contributed by atoms with van der Waals surface area (Å²) in [5.41, 5.74) is 0. The third-order valence-corrected chi connectivity index (χ3v) is 3.96. The molecule has 1 saturated heterocycles. The summed E-state index contributed by atoms with van der Waals surface area (Å²) >= 11 is 0. The molecule has 1 aliphatic rings. The molecule has 0 bridgehead atoms. The van der Waals surface area contributed by atoms with Crippen LogP contribution in [0.15, 0.2) is 0 Å². The number of unbranched alkanes of at least 4 members (excludes halogenated alkanes) is 2. The van der Waals surface area contributed by atoms with E-state index in [0.717, 1.165) is 25.6 Å². The van der Waals surface area contributed by atoms with Crippen molar-refractivity contribution in [2.24, 2.45) is 5.92 Å². The Morgan fingerprint density at radius 2 is 1.90 bits per heavy atom. The second kappa shape index (κ2) is 12.6. The number of ether oxygens (including phenoxy) is 3. The quantitative estimate of drug-likeness (QED) is 0.493. The minimum absolute atomic E-state index is 0.0202. The first-order valence-corrected chi connectivity index (χ1v) is 8.64. The summed E-state index contributed by atoms with van der Waals surface area (Å²) in [6.07, 6.45) is 11.3. The Hall–Kier alpha value is -0.120. The van der Waals surface area contributed by atoms with Crippen LogP contribution in [0.25, 0.3) is 0 Å². The van der Waals surface area contributed by atoms with Gasteiger partial charge in [-0.2, -0.15) is 0 Å². The first kappa shape index (κ1) is 17.9. The molecule has 3 heteroatoms. The van der Waals surface area contributed by atoms with Gasteiger partial charge in [-0.1, -0.05) is 46.0 Å². The zero-order valence-electron chi connectivity index (χ0n) is 13.6. The minimum Gasteiger partial charge on any atom is -0.379 e. The van der Waals surface area contributed by atoms with Crippen molar-refractivity contribution in [3.63, 3.8) is 0 Å². The predicted molar refractivity (Wildman–Crippen MR) is 82.9 cm³/mol. The fourth-order valence-corrected chi connectivity index (χ4v) is 2.58. The molecule has 0 saturated carbocycles. The van der Waals surface area contributed by atoms with Crippen LogP contribution in [0.3, 0.4) is 0 Å². The van der Waals surface area contributed by atoms with Gasteiger partial charge >= 0.3 is 0 Å². The Balaban J connectivity index is 1.78. The summed E-state index contributed by atoms with van der Waals surface area (Å²) in [7, 11) is 0. The van der Waals surface area contributed by atoms with E-state index in [1.807, 2.05) is 0 Å². The Bertz CT molecular complexity index is 202. The molecule has 0 radical (unpaired) electrons. The van der Waals surface area contributed by atoms with Crippen molar-refractivity contribution in [3.05, 3.63) is 0 Å². The van der Waals surface area contributed by atoms with Gasteiger partial charge in [0.05, 0.1) is 13.2 Å². The summed E-state index contributed by atoms with van der Waals surface area (Å²) in [5.74, 6) is 0.877. The van der Waals surface area contributed by atoms with Gasteiger partial charge in [0.1, 0.15) is 0 Å². The maximum Gasteiger partial charge on any atom is 0.157 e. The molecule has 1 fully saturated rings. The third kappa shape index (κ3) is 9.73. The molecular weight excluding hydrogens is 252 g/mol. The lowest BCUT2D eigenvalue weighted by molar-refractivity contribution is -0.169. The normalized spacial score (nSPS) is 21.0. The van der Waals surface area contributed by atoms with E-state index in [4.69, 9.17) is 14.2 Å². The van der Waals surface area contributed by atoms with Crippen molar-refractivity contribution in [3.8, 4) is 0 Å². The molecule has 1 rings (SSSR count). The molecule has 20 heavy (non-hydrogen) atoms. The molecule has 0 aromatic rings. The zero-order valence-corrected chi connectivity index (χ0v) is 13.6. The van der Waals surface area contributed by atoms with Crippen LogP contribution in [0.5, 0.6) is 0 Å². The topological polar surface area (TPSA) is 27.7 Å². The van der Waals surface area contributed by atoms with Gasteiger partial charge in [-0.05, 0) is 31.6 Å². The molecule has 3 nitrogen and oxygen atoms in total. The average molecular weight is 286 g/mol. The average Bonchev–Trinajstić information content (AvgIpc) is 2.49. The van der Waals surface area contributed by atoms with E-state index in [1.54, 1.807) is 0 Å². The maximum atomic E-state index is 5.62. The van der Waals surface area contributed by atoms with E-state index < -0.39 is 0 Å². The second-order valence-corrected chi connectivity index (χ2v) is 6.02. The van der Waals surface area contributed by atoms with Crippen molar-refractivity contribution in [2.75, 3.05) is 26.4 Å². The highest BCUT2D eigenvalue weighted by Gasteiger charge is 2.13. The van der Waals surface area contributed by atoms with Crippen LogP contribution in [0.1, 0.15) is 71.6 Å². The standard InChI is InChI=1S/C17H34O3/c1-3-4-9-16(2)10-5-7-12-18-14-15-20-17-11-6-8-13-19-17/h16-17H,3-15H2,1-2H3. The van der Waals surface area contributed by atoms with Crippen LogP contribution in [0.4, 0.5) is 0 Å². The van der Waals surface area contributed by atoms with Gasteiger partial charge in [0.15, 0.2) is 6.29 Å². The van der Waals surface area contributed by atoms with E-state index in [-0.39, 0.29) is 6.29 Å². The SMILES string of the molecule is CCCCC(C)CCCCOCCOC1CCCCO1. The van der Waals surface area contributed by atoms with Crippen molar-refractivity contribution in [2.45, 2.75) is 77.9 Å². The van der Waals surface area contributed by atoms with Gasteiger partial charge < -0.3 is 14.2 Å². The number of rotatable bonds is 12. The highest BCUT2D eigenvalue weighted by Crippen LogP contribution is 2.15. The molecule has 120 valence electrons. The summed E-state index contributed by atoms with van der Waals surface area (Å²) in [5, 5.41) is 0. The van der Waals surface area contributed by atoms with Crippen molar-refractivity contribution < 1.29 is 14.2 Å². The molecule has 0 N–H and O–H groups in total. The summed E-state index contributed by atoms with van der Waals surface area (Å²) in [4.78, 5) is 0. The van der Waals surface area contributed by atoms with Crippen LogP contribution < -0.4 is 0 Å². The van der Waals surface area contributed by atoms with Gasteiger partial charge in [0.25, 0.3) is 0 Å². The van der Waals surface area contributed by atoms with Gasteiger partial charge in [-0.15, -0.1) is 0 Å². The fraction of sp³-hybridized carbons (Fsp3) is 1.00. The Kier molecular flexibility index (Phi) is 11.3. The van der Waals surface area contributed by atoms with Gasteiger partial charge in [-0.3, -0.25) is 0 Å².